The number of unbranched alkanes of at least 4 members (excludes halogenated alkanes) is 14. The summed E-state index contributed by atoms with van der Waals surface area (Å²) in [4.78, 5) is 12.4. The van der Waals surface area contributed by atoms with Crippen LogP contribution in [-0.4, -0.2) is 53.1 Å². The van der Waals surface area contributed by atoms with Gasteiger partial charge in [-0.05, 0) is 57.8 Å². The minimum atomic E-state index is -4.44. The molecule has 0 rings (SSSR count). The summed E-state index contributed by atoms with van der Waals surface area (Å²) in [5, 5.41) is 23.1. The number of hydrogen-bond donors (Lipinski definition) is 4. The van der Waals surface area contributed by atoms with E-state index in [1.54, 1.807) is 6.08 Å². The van der Waals surface area contributed by atoms with Crippen LogP contribution in [0.5, 0.6) is 0 Å². The number of carbonyl (C=O) groups excluding carboxylic acids is 1. The van der Waals surface area contributed by atoms with E-state index in [4.69, 9.17) is 0 Å². The largest absolute Gasteiger partial charge is 0.387 e. The Morgan fingerprint density at radius 2 is 1.12 bits per heavy atom. The highest BCUT2D eigenvalue weighted by molar-refractivity contribution is 7.85. The van der Waals surface area contributed by atoms with Crippen molar-refractivity contribution in [2.45, 2.75) is 154 Å². The van der Waals surface area contributed by atoms with Gasteiger partial charge in [0.1, 0.15) is 6.10 Å². The van der Waals surface area contributed by atoms with E-state index in [0.29, 0.717) is 12.8 Å². The van der Waals surface area contributed by atoms with E-state index in [1.165, 1.54) is 76.7 Å². The van der Waals surface area contributed by atoms with Crippen molar-refractivity contribution in [1.82, 2.24) is 5.32 Å². The third kappa shape index (κ3) is 25.5. The number of hydrogen-bond acceptors (Lipinski definition) is 5. The van der Waals surface area contributed by atoms with Gasteiger partial charge in [-0.3, -0.25) is 9.35 Å². The van der Waals surface area contributed by atoms with Gasteiger partial charge in [-0.2, -0.15) is 8.42 Å². The van der Waals surface area contributed by atoms with Crippen LogP contribution in [0.1, 0.15) is 136 Å². The van der Waals surface area contributed by atoms with E-state index in [1.807, 2.05) is 0 Å². The lowest BCUT2D eigenvalue weighted by Gasteiger charge is -2.22. The summed E-state index contributed by atoms with van der Waals surface area (Å²) in [7, 11) is -4.44. The molecule has 1 amide bonds. The molecule has 0 radical (unpaired) electrons. The lowest BCUT2D eigenvalue weighted by atomic mass is 10.1. The molecule has 0 heterocycles. The maximum Gasteiger partial charge on any atom is 0.267 e. The van der Waals surface area contributed by atoms with Crippen LogP contribution in [0.25, 0.3) is 0 Å². The van der Waals surface area contributed by atoms with E-state index < -0.39 is 40.0 Å². The van der Waals surface area contributed by atoms with Crippen molar-refractivity contribution in [3.8, 4) is 0 Å². The van der Waals surface area contributed by atoms with Gasteiger partial charge in [-0.15, -0.1) is 0 Å². The molecule has 0 spiro atoms. The molecule has 3 unspecified atom stereocenters. The molecule has 0 saturated carbocycles. The fourth-order valence-electron chi connectivity index (χ4n) is 4.40. The fraction of sp³-hybridized carbons (Fsp3) is 0.781. The predicted octanol–water partition coefficient (Wildman–Crippen LogP) is 7.20. The third-order valence-electron chi connectivity index (χ3n) is 6.90. The highest BCUT2D eigenvalue weighted by Crippen LogP contribution is 2.10. The fourth-order valence-corrected chi connectivity index (χ4v) is 5.14. The van der Waals surface area contributed by atoms with E-state index in [2.05, 4.69) is 43.5 Å². The zero-order chi connectivity index (χ0) is 29.9. The van der Waals surface area contributed by atoms with Crippen LogP contribution in [0.2, 0.25) is 0 Å². The average Bonchev–Trinajstić information content (AvgIpc) is 2.90. The molecule has 8 heteroatoms. The summed E-state index contributed by atoms with van der Waals surface area (Å²) >= 11 is 0. The molecule has 7 nitrogen and oxygen atoms in total. The summed E-state index contributed by atoms with van der Waals surface area (Å²) in [5.74, 6) is -1.58. The van der Waals surface area contributed by atoms with E-state index in [-0.39, 0.29) is 6.42 Å². The summed E-state index contributed by atoms with van der Waals surface area (Å²) in [6, 6.07) is -1.25. The number of aliphatic hydroxyl groups excluding tert-OH is 2. The van der Waals surface area contributed by atoms with Crippen molar-refractivity contribution >= 4 is 16.0 Å². The molecule has 3 atom stereocenters. The Bertz CT molecular complexity index is 793. The first-order valence-electron chi connectivity index (χ1n) is 15.8. The van der Waals surface area contributed by atoms with Crippen LogP contribution in [0.15, 0.2) is 36.5 Å². The van der Waals surface area contributed by atoms with Gasteiger partial charge in [0.25, 0.3) is 10.1 Å². The Morgan fingerprint density at radius 3 is 1.65 bits per heavy atom. The quantitative estimate of drug-likeness (QED) is 0.0459. The van der Waals surface area contributed by atoms with Crippen molar-refractivity contribution in [3.63, 3.8) is 0 Å². The van der Waals surface area contributed by atoms with Gasteiger partial charge in [0, 0.05) is 0 Å². The molecule has 0 aromatic heterocycles. The highest BCUT2D eigenvalue weighted by Gasteiger charge is 2.27. The number of allylic oxidation sites excluding steroid dienone is 5. The standard InChI is InChI=1S/C32H59NO6S/c1-3-5-7-9-11-13-15-17-19-21-23-25-27-31(35)32(36)33-29(28-40(37,38)39)30(34)26-24-22-20-18-16-14-12-10-8-6-4-2/h16-19,24,26,29-31,34-35H,3-15,20-23,25,27-28H2,1-2H3,(H,33,36)(H,37,38,39)/b18-16+,19-17-,26-24+. The Hall–Kier alpha value is -1.48. The minimum absolute atomic E-state index is 0.243. The van der Waals surface area contributed by atoms with Crippen LogP contribution in [0.4, 0.5) is 0 Å². The molecule has 0 aromatic carbocycles. The van der Waals surface area contributed by atoms with E-state index >= 15 is 0 Å². The molecule has 0 aromatic rings. The number of rotatable bonds is 27. The van der Waals surface area contributed by atoms with Crippen LogP contribution in [-0.2, 0) is 14.9 Å². The van der Waals surface area contributed by atoms with Crippen molar-refractivity contribution in [3.05, 3.63) is 36.5 Å². The van der Waals surface area contributed by atoms with Crippen molar-refractivity contribution in [2.24, 2.45) is 0 Å². The van der Waals surface area contributed by atoms with Crippen molar-refractivity contribution in [2.75, 3.05) is 5.75 Å². The SMILES string of the molecule is CCCCCCC/C=C/CC/C=C/C(O)C(CS(=O)(=O)O)NC(=O)C(O)CCCC/C=C\CCCCCCCC. The number of aliphatic hydroxyl groups is 2. The second-order valence-corrected chi connectivity index (χ2v) is 12.4. The zero-order valence-corrected chi connectivity index (χ0v) is 26.1. The molecule has 0 aliphatic rings. The molecule has 0 aliphatic heterocycles. The van der Waals surface area contributed by atoms with Gasteiger partial charge >= 0.3 is 0 Å². The Morgan fingerprint density at radius 1 is 0.675 bits per heavy atom. The van der Waals surface area contributed by atoms with E-state index in [9.17, 15) is 28.0 Å². The van der Waals surface area contributed by atoms with Gasteiger partial charge in [-0.1, -0.05) is 115 Å². The predicted molar refractivity (Wildman–Crippen MR) is 167 cm³/mol. The van der Waals surface area contributed by atoms with E-state index in [0.717, 1.165) is 32.1 Å². The Kier molecular flexibility index (Phi) is 25.4. The van der Waals surface area contributed by atoms with Gasteiger partial charge in [-0.25, -0.2) is 0 Å². The lowest BCUT2D eigenvalue weighted by Crippen LogP contribution is -2.50. The first kappa shape index (κ1) is 38.5. The molecular weight excluding hydrogens is 526 g/mol. The summed E-state index contributed by atoms with van der Waals surface area (Å²) in [6.45, 7) is 4.42. The lowest BCUT2D eigenvalue weighted by molar-refractivity contribution is -0.130. The molecule has 40 heavy (non-hydrogen) atoms. The first-order valence-corrected chi connectivity index (χ1v) is 17.4. The molecule has 0 aliphatic carbocycles. The van der Waals surface area contributed by atoms with Crippen molar-refractivity contribution in [1.29, 1.82) is 0 Å². The molecule has 4 N–H and O–H groups in total. The topological polar surface area (TPSA) is 124 Å². The molecule has 0 saturated heterocycles. The number of carbonyl (C=O) groups is 1. The minimum Gasteiger partial charge on any atom is -0.387 e. The van der Waals surface area contributed by atoms with Crippen LogP contribution < -0.4 is 5.32 Å². The third-order valence-corrected chi connectivity index (χ3v) is 7.68. The van der Waals surface area contributed by atoms with Gasteiger partial charge in [0.2, 0.25) is 5.91 Å². The second-order valence-electron chi connectivity index (χ2n) is 10.9. The number of nitrogens with one attached hydrogen (secondary N) is 1. The summed E-state index contributed by atoms with van der Waals surface area (Å²) < 4.78 is 32.2. The zero-order valence-electron chi connectivity index (χ0n) is 25.3. The highest BCUT2D eigenvalue weighted by atomic mass is 32.2. The van der Waals surface area contributed by atoms with Gasteiger partial charge in [0.15, 0.2) is 0 Å². The monoisotopic (exact) mass is 585 g/mol. The number of amides is 1. The maximum atomic E-state index is 12.4. The molecular formula is C32H59NO6S. The van der Waals surface area contributed by atoms with Crippen LogP contribution in [0, 0.1) is 0 Å². The smallest absolute Gasteiger partial charge is 0.267 e. The van der Waals surface area contributed by atoms with Gasteiger partial charge < -0.3 is 15.5 Å². The molecule has 234 valence electrons. The first-order chi connectivity index (χ1) is 19.2. The van der Waals surface area contributed by atoms with Crippen LogP contribution in [0.3, 0.4) is 0 Å². The summed E-state index contributed by atoms with van der Waals surface area (Å²) in [5.41, 5.74) is 0. The molecule has 0 fully saturated rings. The normalized spacial score (nSPS) is 14.8. The van der Waals surface area contributed by atoms with Crippen molar-refractivity contribution < 1.29 is 28.0 Å². The van der Waals surface area contributed by atoms with Crippen LogP contribution >= 0.6 is 0 Å². The second kappa shape index (κ2) is 26.4. The Balaban J connectivity index is 4.33. The average molecular weight is 586 g/mol. The Labute approximate surface area is 245 Å². The summed E-state index contributed by atoms with van der Waals surface area (Å²) in [6.07, 6.45) is 29.2. The van der Waals surface area contributed by atoms with Gasteiger partial charge in [0.05, 0.1) is 17.9 Å². The maximum absolute atomic E-state index is 12.4. The molecule has 0 bridgehead atoms.